The molecule has 0 aliphatic rings. The fraction of sp³-hybridized carbons (Fsp3) is 0.636. The first-order chi connectivity index (χ1) is 7.27. The number of unbranched alkanes of at least 4 members (excludes halogenated alkanes) is 1. The SMILES string of the molecule is CCCCn1ccnc1CCC(=O)OC. The number of rotatable bonds is 6. The smallest absolute Gasteiger partial charge is 0.305 e. The van der Waals surface area contributed by atoms with Crippen LogP contribution in [0, 0.1) is 0 Å². The van der Waals surface area contributed by atoms with E-state index in [9.17, 15) is 4.79 Å². The van der Waals surface area contributed by atoms with Crippen molar-refractivity contribution in [3.63, 3.8) is 0 Å². The maximum Gasteiger partial charge on any atom is 0.305 e. The number of ether oxygens (including phenoxy) is 1. The van der Waals surface area contributed by atoms with Gasteiger partial charge in [0.05, 0.1) is 13.5 Å². The Labute approximate surface area is 90.3 Å². The predicted octanol–water partition coefficient (Wildman–Crippen LogP) is 1.79. The second kappa shape index (κ2) is 6.22. The third-order valence-electron chi connectivity index (χ3n) is 2.33. The van der Waals surface area contributed by atoms with Crippen LogP contribution in [0.1, 0.15) is 32.0 Å². The molecule has 0 unspecified atom stereocenters. The second-order valence-electron chi connectivity index (χ2n) is 3.47. The first-order valence-corrected chi connectivity index (χ1v) is 5.34. The highest BCUT2D eigenvalue weighted by Gasteiger charge is 2.06. The topological polar surface area (TPSA) is 44.1 Å². The molecule has 0 fully saturated rings. The lowest BCUT2D eigenvalue weighted by Crippen LogP contribution is -2.07. The third kappa shape index (κ3) is 3.73. The van der Waals surface area contributed by atoms with Gasteiger partial charge in [-0.2, -0.15) is 0 Å². The molecule has 1 heterocycles. The Morgan fingerprint density at radius 3 is 3.07 bits per heavy atom. The highest BCUT2D eigenvalue weighted by atomic mass is 16.5. The molecule has 0 aliphatic carbocycles. The minimum Gasteiger partial charge on any atom is -0.469 e. The van der Waals surface area contributed by atoms with E-state index in [0.717, 1.165) is 25.2 Å². The number of nitrogens with zero attached hydrogens (tertiary/aromatic N) is 2. The Morgan fingerprint density at radius 1 is 1.60 bits per heavy atom. The molecule has 15 heavy (non-hydrogen) atoms. The van der Waals surface area contributed by atoms with Gasteiger partial charge in [-0.05, 0) is 6.42 Å². The van der Waals surface area contributed by atoms with E-state index in [1.54, 1.807) is 6.20 Å². The second-order valence-corrected chi connectivity index (χ2v) is 3.47. The summed E-state index contributed by atoms with van der Waals surface area (Å²) in [6, 6.07) is 0. The number of hydrogen-bond donors (Lipinski definition) is 0. The average molecular weight is 210 g/mol. The number of aryl methyl sites for hydroxylation is 2. The van der Waals surface area contributed by atoms with Crippen molar-refractivity contribution >= 4 is 5.97 Å². The maximum absolute atomic E-state index is 11.0. The average Bonchev–Trinajstić information content (AvgIpc) is 2.70. The standard InChI is InChI=1S/C11H18N2O2/c1-3-4-8-13-9-7-12-10(13)5-6-11(14)15-2/h7,9H,3-6,8H2,1-2H3. The van der Waals surface area contributed by atoms with Crippen LogP contribution in [0.5, 0.6) is 0 Å². The van der Waals surface area contributed by atoms with Crippen molar-refractivity contribution in [1.29, 1.82) is 0 Å². The van der Waals surface area contributed by atoms with Gasteiger partial charge in [-0.3, -0.25) is 4.79 Å². The fourth-order valence-corrected chi connectivity index (χ4v) is 1.42. The number of carbonyl (C=O) groups is 1. The van der Waals surface area contributed by atoms with Crippen LogP contribution >= 0.6 is 0 Å². The summed E-state index contributed by atoms with van der Waals surface area (Å²) in [7, 11) is 1.41. The van der Waals surface area contributed by atoms with Crippen LogP contribution in [-0.4, -0.2) is 22.6 Å². The van der Waals surface area contributed by atoms with E-state index >= 15 is 0 Å². The van der Waals surface area contributed by atoms with Crippen molar-refractivity contribution in [3.05, 3.63) is 18.2 Å². The summed E-state index contributed by atoms with van der Waals surface area (Å²) in [4.78, 5) is 15.2. The van der Waals surface area contributed by atoms with Gasteiger partial charge in [0.25, 0.3) is 0 Å². The van der Waals surface area contributed by atoms with E-state index in [2.05, 4.69) is 21.2 Å². The molecule has 1 aromatic heterocycles. The van der Waals surface area contributed by atoms with Gasteiger partial charge in [-0.1, -0.05) is 13.3 Å². The molecule has 0 N–H and O–H groups in total. The van der Waals surface area contributed by atoms with E-state index in [0.29, 0.717) is 12.8 Å². The number of methoxy groups -OCH3 is 1. The lowest BCUT2D eigenvalue weighted by molar-refractivity contribution is -0.140. The Balaban J connectivity index is 2.45. The van der Waals surface area contributed by atoms with E-state index < -0.39 is 0 Å². The summed E-state index contributed by atoms with van der Waals surface area (Å²) < 4.78 is 6.70. The molecule has 0 saturated heterocycles. The van der Waals surface area contributed by atoms with Gasteiger partial charge in [0.1, 0.15) is 5.82 Å². The number of hydrogen-bond acceptors (Lipinski definition) is 3. The van der Waals surface area contributed by atoms with E-state index in [1.807, 2.05) is 6.20 Å². The van der Waals surface area contributed by atoms with Crippen molar-refractivity contribution in [1.82, 2.24) is 9.55 Å². The van der Waals surface area contributed by atoms with E-state index in [-0.39, 0.29) is 5.97 Å². The van der Waals surface area contributed by atoms with Crippen LogP contribution in [0.15, 0.2) is 12.4 Å². The zero-order valence-corrected chi connectivity index (χ0v) is 9.40. The number of carbonyl (C=O) groups excluding carboxylic acids is 1. The van der Waals surface area contributed by atoms with Crippen LogP contribution in [0.4, 0.5) is 0 Å². The van der Waals surface area contributed by atoms with Crippen LogP contribution in [0.2, 0.25) is 0 Å². The minimum atomic E-state index is -0.181. The quantitative estimate of drug-likeness (QED) is 0.672. The molecule has 0 amide bonds. The molecule has 4 nitrogen and oxygen atoms in total. The number of esters is 1. The molecule has 0 radical (unpaired) electrons. The zero-order valence-electron chi connectivity index (χ0n) is 9.40. The third-order valence-corrected chi connectivity index (χ3v) is 2.33. The largest absolute Gasteiger partial charge is 0.469 e. The molecule has 0 aromatic carbocycles. The lowest BCUT2D eigenvalue weighted by atomic mass is 10.3. The van der Waals surface area contributed by atoms with Gasteiger partial charge in [-0.25, -0.2) is 4.98 Å². The Hall–Kier alpha value is -1.32. The van der Waals surface area contributed by atoms with Gasteiger partial charge < -0.3 is 9.30 Å². The number of aromatic nitrogens is 2. The van der Waals surface area contributed by atoms with Crippen molar-refractivity contribution < 1.29 is 9.53 Å². The molecule has 1 rings (SSSR count). The Kier molecular flexibility index (Phi) is 4.87. The molecule has 0 atom stereocenters. The lowest BCUT2D eigenvalue weighted by Gasteiger charge is -2.05. The molecule has 4 heteroatoms. The molecule has 0 bridgehead atoms. The summed E-state index contributed by atoms with van der Waals surface area (Å²) in [5, 5.41) is 0. The van der Waals surface area contributed by atoms with Crippen LogP contribution < -0.4 is 0 Å². The zero-order chi connectivity index (χ0) is 11.1. The summed E-state index contributed by atoms with van der Waals surface area (Å²) in [5.41, 5.74) is 0. The van der Waals surface area contributed by atoms with Gasteiger partial charge >= 0.3 is 5.97 Å². The summed E-state index contributed by atoms with van der Waals surface area (Å²) in [5.74, 6) is 0.786. The molecular formula is C11H18N2O2. The Bertz CT molecular complexity index is 307. The van der Waals surface area contributed by atoms with E-state index in [1.165, 1.54) is 7.11 Å². The summed E-state index contributed by atoms with van der Waals surface area (Å²) in [6.45, 7) is 3.14. The van der Waals surface area contributed by atoms with Crippen molar-refractivity contribution in [2.75, 3.05) is 7.11 Å². The molecule has 1 aromatic rings. The molecule has 0 saturated carbocycles. The molecular weight excluding hydrogens is 192 g/mol. The highest BCUT2D eigenvalue weighted by molar-refractivity contribution is 5.69. The van der Waals surface area contributed by atoms with E-state index in [4.69, 9.17) is 0 Å². The maximum atomic E-state index is 11.0. The first-order valence-electron chi connectivity index (χ1n) is 5.34. The summed E-state index contributed by atoms with van der Waals surface area (Å²) in [6.07, 6.45) is 7.10. The van der Waals surface area contributed by atoms with Crippen molar-refractivity contribution in [2.45, 2.75) is 39.2 Å². The normalized spacial score (nSPS) is 10.3. The minimum absolute atomic E-state index is 0.181. The fourth-order valence-electron chi connectivity index (χ4n) is 1.42. The summed E-state index contributed by atoms with van der Waals surface area (Å²) >= 11 is 0. The van der Waals surface area contributed by atoms with Gasteiger partial charge in [0.15, 0.2) is 0 Å². The van der Waals surface area contributed by atoms with Crippen molar-refractivity contribution in [3.8, 4) is 0 Å². The highest BCUT2D eigenvalue weighted by Crippen LogP contribution is 2.04. The number of imidazole rings is 1. The van der Waals surface area contributed by atoms with Crippen molar-refractivity contribution in [2.24, 2.45) is 0 Å². The van der Waals surface area contributed by atoms with Gasteiger partial charge in [-0.15, -0.1) is 0 Å². The van der Waals surface area contributed by atoms with Gasteiger partial charge in [0, 0.05) is 25.4 Å². The first kappa shape index (κ1) is 11.8. The predicted molar refractivity (Wildman–Crippen MR) is 57.5 cm³/mol. The van der Waals surface area contributed by atoms with Crippen LogP contribution in [0.3, 0.4) is 0 Å². The molecule has 0 aliphatic heterocycles. The van der Waals surface area contributed by atoms with Crippen LogP contribution in [-0.2, 0) is 22.5 Å². The van der Waals surface area contributed by atoms with Crippen LogP contribution in [0.25, 0.3) is 0 Å². The molecule has 84 valence electrons. The monoisotopic (exact) mass is 210 g/mol. The molecule has 0 spiro atoms. The van der Waals surface area contributed by atoms with Gasteiger partial charge in [0.2, 0.25) is 0 Å². The Morgan fingerprint density at radius 2 is 2.40 bits per heavy atom.